The molecule has 126 valence electrons. The number of carbonyl (C=O) groups excluding carboxylic acids is 1. The van der Waals surface area contributed by atoms with Gasteiger partial charge in [0.15, 0.2) is 0 Å². The fraction of sp³-hybridized carbons (Fsp3) is 0.167. The third kappa shape index (κ3) is 3.72. The molecule has 1 aromatic heterocycles. The van der Waals surface area contributed by atoms with Crippen molar-refractivity contribution in [3.05, 3.63) is 66.1 Å². The lowest BCUT2D eigenvalue weighted by Crippen LogP contribution is -2.11. The zero-order valence-corrected chi connectivity index (χ0v) is 14.8. The summed E-state index contributed by atoms with van der Waals surface area (Å²) in [6.07, 6.45) is 1.28. The number of hydrogen-bond donors (Lipinski definition) is 1. The minimum atomic E-state index is -0.138. The van der Waals surface area contributed by atoms with Crippen molar-refractivity contribution in [3.63, 3.8) is 0 Å². The summed E-state index contributed by atoms with van der Waals surface area (Å²) < 4.78 is 5.68. The lowest BCUT2D eigenvalue weighted by molar-refractivity contribution is 0.102. The summed E-state index contributed by atoms with van der Waals surface area (Å²) in [6.45, 7) is 0. The molecule has 3 aromatic rings. The van der Waals surface area contributed by atoms with E-state index in [9.17, 15) is 4.79 Å². The number of hydrogen-bond acceptors (Lipinski definition) is 6. The van der Waals surface area contributed by atoms with Gasteiger partial charge >= 0.3 is 0 Å². The normalized spacial score (nSPS) is 14.6. The number of anilines is 1. The summed E-state index contributed by atoms with van der Waals surface area (Å²) >= 11 is 3.91. The monoisotopic (exact) mass is 369 g/mol. The Morgan fingerprint density at radius 2 is 1.92 bits per heavy atom. The van der Waals surface area contributed by atoms with Crippen LogP contribution in [0.1, 0.15) is 20.5 Å². The summed E-state index contributed by atoms with van der Waals surface area (Å²) in [4.78, 5) is 12.5. The average molecular weight is 369 g/mol. The zero-order valence-electron chi connectivity index (χ0n) is 13.2. The second-order valence-corrected chi connectivity index (χ2v) is 8.20. The third-order valence-corrected chi connectivity index (χ3v) is 6.90. The third-order valence-electron chi connectivity index (χ3n) is 3.79. The van der Waals surface area contributed by atoms with Gasteiger partial charge in [-0.25, -0.2) is 0 Å². The van der Waals surface area contributed by atoms with Crippen molar-refractivity contribution in [3.8, 4) is 11.5 Å². The van der Waals surface area contributed by atoms with Crippen molar-refractivity contribution in [2.45, 2.75) is 4.58 Å². The highest BCUT2D eigenvalue weighted by Gasteiger charge is 2.18. The van der Waals surface area contributed by atoms with Crippen molar-refractivity contribution in [2.24, 2.45) is 0 Å². The number of carbonyl (C=O) groups is 1. The maximum atomic E-state index is 12.5. The molecule has 0 saturated carbocycles. The standard InChI is InChI=1S/C18H15N3O2S2/c22-16(12-4-6-13(7-5-12)18-24-8-9-25-18)20-15-3-1-2-14(10-15)17-21-19-11-23-17/h1-7,10-11,18H,8-9H2,(H,20,22). The molecular formula is C18H15N3O2S2. The van der Waals surface area contributed by atoms with Crippen LogP contribution >= 0.6 is 23.5 Å². The number of nitrogens with zero attached hydrogens (tertiary/aromatic N) is 2. The second-order valence-electron chi connectivity index (χ2n) is 5.47. The Labute approximate surface area is 153 Å². The first-order valence-corrected chi connectivity index (χ1v) is 9.90. The van der Waals surface area contributed by atoms with E-state index in [1.165, 1.54) is 23.5 Å². The predicted molar refractivity (Wildman–Crippen MR) is 102 cm³/mol. The largest absolute Gasteiger partial charge is 0.423 e. The molecular weight excluding hydrogens is 354 g/mol. The van der Waals surface area contributed by atoms with Gasteiger partial charge in [0.05, 0.1) is 4.58 Å². The van der Waals surface area contributed by atoms with Gasteiger partial charge in [-0.3, -0.25) is 4.79 Å². The molecule has 1 aliphatic rings. The molecule has 0 bridgehead atoms. The first-order valence-electron chi connectivity index (χ1n) is 7.81. The summed E-state index contributed by atoms with van der Waals surface area (Å²) in [7, 11) is 0. The van der Waals surface area contributed by atoms with Gasteiger partial charge in [-0.05, 0) is 35.9 Å². The second kappa shape index (κ2) is 7.33. The van der Waals surface area contributed by atoms with Crippen LogP contribution in [0.25, 0.3) is 11.5 Å². The number of benzene rings is 2. The molecule has 0 atom stereocenters. The smallest absolute Gasteiger partial charge is 0.255 e. The van der Waals surface area contributed by atoms with Crippen LogP contribution in [0.3, 0.4) is 0 Å². The minimum Gasteiger partial charge on any atom is -0.423 e. The van der Waals surface area contributed by atoms with Crippen molar-refractivity contribution in [1.82, 2.24) is 10.2 Å². The van der Waals surface area contributed by atoms with Gasteiger partial charge in [0, 0.05) is 28.3 Å². The highest BCUT2D eigenvalue weighted by atomic mass is 32.2. The Morgan fingerprint density at radius 3 is 2.64 bits per heavy atom. The van der Waals surface area contributed by atoms with Crippen LogP contribution in [0.4, 0.5) is 5.69 Å². The summed E-state index contributed by atoms with van der Waals surface area (Å²) in [6, 6.07) is 15.2. The fourth-order valence-corrected chi connectivity index (χ4v) is 5.43. The van der Waals surface area contributed by atoms with E-state index in [1.807, 2.05) is 72.1 Å². The van der Waals surface area contributed by atoms with Crippen molar-refractivity contribution < 1.29 is 9.21 Å². The molecule has 7 heteroatoms. The number of rotatable bonds is 4. The van der Waals surface area contributed by atoms with Crippen LogP contribution in [0.2, 0.25) is 0 Å². The lowest BCUT2D eigenvalue weighted by Gasteiger charge is -2.10. The molecule has 4 rings (SSSR count). The maximum absolute atomic E-state index is 12.5. The molecule has 0 aliphatic carbocycles. The topological polar surface area (TPSA) is 68.0 Å². The highest BCUT2D eigenvalue weighted by molar-refractivity contribution is 8.19. The van der Waals surface area contributed by atoms with Crippen LogP contribution < -0.4 is 5.32 Å². The Bertz CT molecular complexity index is 860. The van der Waals surface area contributed by atoms with Crippen LogP contribution in [-0.2, 0) is 0 Å². The Morgan fingerprint density at radius 1 is 1.12 bits per heavy atom. The summed E-state index contributed by atoms with van der Waals surface area (Å²) in [5.74, 6) is 2.66. The van der Waals surface area contributed by atoms with Gasteiger partial charge in [0.1, 0.15) is 0 Å². The van der Waals surface area contributed by atoms with Crippen molar-refractivity contribution in [2.75, 3.05) is 16.8 Å². The van der Waals surface area contributed by atoms with Gasteiger partial charge in [-0.15, -0.1) is 33.7 Å². The van der Waals surface area contributed by atoms with E-state index < -0.39 is 0 Å². The molecule has 1 saturated heterocycles. The van der Waals surface area contributed by atoms with Gasteiger partial charge in [-0.1, -0.05) is 18.2 Å². The summed E-state index contributed by atoms with van der Waals surface area (Å²) in [5.41, 5.74) is 3.36. The number of aromatic nitrogens is 2. The molecule has 1 amide bonds. The van der Waals surface area contributed by atoms with Gasteiger partial charge < -0.3 is 9.73 Å². The van der Waals surface area contributed by atoms with E-state index in [0.717, 1.165) is 5.56 Å². The molecule has 2 heterocycles. The molecule has 2 aromatic carbocycles. The van der Waals surface area contributed by atoms with E-state index >= 15 is 0 Å². The van der Waals surface area contributed by atoms with E-state index in [2.05, 4.69) is 15.5 Å². The van der Waals surface area contributed by atoms with E-state index in [1.54, 1.807) is 0 Å². The van der Waals surface area contributed by atoms with Crippen LogP contribution in [0, 0.1) is 0 Å². The van der Waals surface area contributed by atoms with Crippen molar-refractivity contribution >= 4 is 35.1 Å². The Kier molecular flexibility index (Phi) is 4.76. The summed E-state index contributed by atoms with van der Waals surface area (Å²) in [5, 5.41) is 10.5. The number of nitrogens with one attached hydrogen (secondary N) is 1. The van der Waals surface area contributed by atoms with Gasteiger partial charge in [0.25, 0.3) is 5.91 Å². The molecule has 0 spiro atoms. The van der Waals surface area contributed by atoms with E-state index in [-0.39, 0.29) is 5.91 Å². The van der Waals surface area contributed by atoms with Gasteiger partial charge in [-0.2, -0.15) is 0 Å². The minimum absolute atomic E-state index is 0.138. The molecule has 5 nitrogen and oxygen atoms in total. The molecule has 1 fully saturated rings. The molecule has 0 unspecified atom stereocenters. The quantitative estimate of drug-likeness (QED) is 0.732. The molecule has 1 N–H and O–H groups in total. The lowest BCUT2D eigenvalue weighted by atomic mass is 10.1. The molecule has 1 aliphatic heterocycles. The van der Waals surface area contributed by atoms with Crippen LogP contribution in [0.5, 0.6) is 0 Å². The average Bonchev–Trinajstić information content (AvgIpc) is 3.36. The highest BCUT2D eigenvalue weighted by Crippen LogP contribution is 2.45. The maximum Gasteiger partial charge on any atom is 0.255 e. The van der Waals surface area contributed by atoms with Crippen LogP contribution in [-0.4, -0.2) is 27.6 Å². The zero-order chi connectivity index (χ0) is 17.1. The van der Waals surface area contributed by atoms with E-state index in [4.69, 9.17) is 4.42 Å². The first kappa shape index (κ1) is 16.2. The fourth-order valence-electron chi connectivity index (χ4n) is 2.57. The SMILES string of the molecule is O=C(Nc1cccc(-c2nnco2)c1)c1ccc(C2SCCS2)cc1. The first-order chi connectivity index (χ1) is 12.3. The Hall–Kier alpha value is -2.25. The van der Waals surface area contributed by atoms with Gasteiger partial charge in [0.2, 0.25) is 12.3 Å². The number of thioether (sulfide) groups is 2. The van der Waals surface area contributed by atoms with E-state index in [0.29, 0.717) is 21.7 Å². The predicted octanol–water partition coefficient (Wildman–Crippen LogP) is 4.47. The Balaban J connectivity index is 1.47. The molecule has 25 heavy (non-hydrogen) atoms. The van der Waals surface area contributed by atoms with Crippen LogP contribution in [0.15, 0.2) is 59.3 Å². The van der Waals surface area contributed by atoms with Crippen molar-refractivity contribution in [1.29, 1.82) is 0 Å². The number of amides is 1. The molecule has 0 radical (unpaired) electrons.